The van der Waals surface area contributed by atoms with Gasteiger partial charge >= 0.3 is 0 Å². The number of amides is 1. The summed E-state index contributed by atoms with van der Waals surface area (Å²) in [6.07, 6.45) is 1.99. The molecule has 0 aliphatic carbocycles. The number of nitrogens with one attached hydrogen (secondary N) is 2. The zero-order valence-corrected chi connectivity index (χ0v) is 13.6. The molecule has 1 fully saturated rings. The largest absolute Gasteiger partial charge is 0.349 e. The van der Waals surface area contributed by atoms with Crippen LogP contribution in [0.5, 0.6) is 0 Å². The molecule has 0 aromatic heterocycles. The van der Waals surface area contributed by atoms with Crippen molar-refractivity contribution in [1.29, 1.82) is 0 Å². The van der Waals surface area contributed by atoms with Crippen LogP contribution < -0.4 is 10.6 Å². The van der Waals surface area contributed by atoms with Crippen molar-refractivity contribution in [2.24, 2.45) is 0 Å². The van der Waals surface area contributed by atoms with Crippen molar-refractivity contribution in [3.8, 4) is 0 Å². The Hall–Kier alpha value is -0.580. The summed E-state index contributed by atoms with van der Waals surface area (Å²) < 4.78 is 0.863. The summed E-state index contributed by atoms with van der Waals surface area (Å²) in [5.41, 5.74) is 1.86. The third-order valence-electron chi connectivity index (χ3n) is 3.33. The summed E-state index contributed by atoms with van der Waals surface area (Å²) >= 11 is 3.45. The van der Waals surface area contributed by atoms with E-state index in [9.17, 15) is 4.79 Å². The molecule has 0 spiro atoms. The van der Waals surface area contributed by atoms with Crippen molar-refractivity contribution in [1.82, 2.24) is 10.6 Å². The number of carbonyl (C=O) groups excluding carboxylic acids is 1. The van der Waals surface area contributed by atoms with Gasteiger partial charge in [0.05, 0.1) is 5.56 Å². The van der Waals surface area contributed by atoms with Gasteiger partial charge in [0.15, 0.2) is 0 Å². The van der Waals surface area contributed by atoms with Crippen molar-refractivity contribution >= 4 is 34.2 Å². The predicted octanol–water partition coefficient (Wildman–Crippen LogP) is 3.05. The van der Waals surface area contributed by atoms with E-state index < -0.39 is 0 Å². The second-order valence-electron chi connectivity index (χ2n) is 5.03. The first-order chi connectivity index (χ1) is 8.56. The maximum absolute atomic E-state index is 12.2. The second kappa shape index (κ2) is 7.27. The molecule has 1 aromatic carbocycles. The fraction of sp³-hybridized carbons (Fsp3) is 0.500. The van der Waals surface area contributed by atoms with Crippen molar-refractivity contribution in [3.05, 3.63) is 33.8 Å². The van der Waals surface area contributed by atoms with Crippen LogP contribution in [-0.2, 0) is 0 Å². The molecule has 19 heavy (non-hydrogen) atoms. The van der Waals surface area contributed by atoms with Gasteiger partial charge in [-0.15, -0.1) is 12.4 Å². The van der Waals surface area contributed by atoms with Crippen molar-refractivity contribution in [2.45, 2.75) is 38.8 Å². The lowest BCUT2D eigenvalue weighted by atomic mass is 10.00. The number of piperidine rings is 1. The molecule has 106 valence electrons. The SMILES string of the molecule is Cc1ccc(C(=O)NC2CCNC(C)C2)c(Br)c1.Cl. The number of hydrogen-bond donors (Lipinski definition) is 2. The fourth-order valence-corrected chi connectivity index (χ4v) is 3.00. The Morgan fingerprint density at radius 3 is 2.84 bits per heavy atom. The van der Waals surface area contributed by atoms with E-state index >= 15 is 0 Å². The van der Waals surface area contributed by atoms with Gasteiger partial charge in [0.2, 0.25) is 0 Å². The third-order valence-corrected chi connectivity index (χ3v) is 3.98. The molecule has 1 amide bonds. The Morgan fingerprint density at radius 2 is 2.21 bits per heavy atom. The molecular weight excluding hydrogens is 328 g/mol. The van der Waals surface area contributed by atoms with Crippen LogP contribution in [0.4, 0.5) is 0 Å². The molecule has 1 heterocycles. The van der Waals surface area contributed by atoms with E-state index in [0.717, 1.165) is 29.4 Å². The van der Waals surface area contributed by atoms with Crippen molar-refractivity contribution in [2.75, 3.05) is 6.54 Å². The van der Waals surface area contributed by atoms with E-state index in [2.05, 4.69) is 33.5 Å². The van der Waals surface area contributed by atoms with Crippen LogP contribution in [0.1, 0.15) is 35.7 Å². The van der Waals surface area contributed by atoms with Gasteiger partial charge in [-0.2, -0.15) is 0 Å². The molecule has 1 aliphatic rings. The second-order valence-corrected chi connectivity index (χ2v) is 5.89. The zero-order valence-electron chi connectivity index (χ0n) is 11.2. The van der Waals surface area contributed by atoms with Gasteiger partial charge in [-0.25, -0.2) is 0 Å². The number of benzene rings is 1. The zero-order chi connectivity index (χ0) is 13.1. The molecule has 0 radical (unpaired) electrons. The quantitative estimate of drug-likeness (QED) is 0.863. The Kier molecular flexibility index (Phi) is 6.30. The van der Waals surface area contributed by atoms with Crippen molar-refractivity contribution in [3.63, 3.8) is 0 Å². The average Bonchev–Trinajstić information content (AvgIpc) is 2.28. The van der Waals surface area contributed by atoms with Gasteiger partial charge in [-0.1, -0.05) is 6.07 Å². The summed E-state index contributed by atoms with van der Waals surface area (Å²) in [4.78, 5) is 12.2. The monoisotopic (exact) mass is 346 g/mol. The molecular formula is C14H20BrClN2O. The molecule has 2 atom stereocenters. The highest BCUT2D eigenvalue weighted by Crippen LogP contribution is 2.19. The number of halogens is 2. The van der Waals surface area contributed by atoms with Crippen LogP contribution in [0.15, 0.2) is 22.7 Å². The number of hydrogen-bond acceptors (Lipinski definition) is 2. The lowest BCUT2D eigenvalue weighted by Crippen LogP contribution is -2.46. The van der Waals surface area contributed by atoms with E-state index in [-0.39, 0.29) is 24.4 Å². The van der Waals surface area contributed by atoms with Crippen LogP contribution >= 0.6 is 28.3 Å². The lowest BCUT2D eigenvalue weighted by Gasteiger charge is -2.28. The maximum atomic E-state index is 12.2. The van der Waals surface area contributed by atoms with Crippen LogP contribution in [-0.4, -0.2) is 24.5 Å². The van der Waals surface area contributed by atoms with Gasteiger partial charge in [0, 0.05) is 16.6 Å². The molecule has 1 aromatic rings. The van der Waals surface area contributed by atoms with E-state index in [1.165, 1.54) is 0 Å². The highest BCUT2D eigenvalue weighted by atomic mass is 79.9. The standard InChI is InChI=1S/C14H19BrN2O.ClH/c1-9-3-4-12(13(15)7-9)14(18)17-11-5-6-16-10(2)8-11;/h3-4,7,10-11,16H,5-6,8H2,1-2H3,(H,17,18);1H. The summed E-state index contributed by atoms with van der Waals surface area (Å²) in [6, 6.07) is 6.57. The summed E-state index contributed by atoms with van der Waals surface area (Å²) in [6.45, 7) is 5.14. The number of carbonyl (C=O) groups is 1. The smallest absolute Gasteiger partial charge is 0.252 e. The van der Waals surface area contributed by atoms with Gasteiger partial charge in [0.25, 0.3) is 5.91 Å². The maximum Gasteiger partial charge on any atom is 0.252 e. The molecule has 2 rings (SSSR count). The molecule has 5 heteroatoms. The van der Waals surface area contributed by atoms with Gasteiger partial charge < -0.3 is 10.6 Å². The minimum absolute atomic E-state index is 0. The van der Waals surface area contributed by atoms with Gasteiger partial charge in [-0.3, -0.25) is 4.79 Å². The molecule has 0 bridgehead atoms. The molecule has 3 nitrogen and oxygen atoms in total. The van der Waals surface area contributed by atoms with Crippen molar-refractivity contribution < 1.29 is 4.79 Å². The highest BCUT2D eigenvalue weighted by Gasteiger charge is 2.21. The number of rotatable bonds is 2. The topological polar surface area (TPSA) is 41.1 Å². The van der Waals surface area contributed by atoms with E-state index in [1.54, 1.807) is 0 Å². The number of aryl methyl sites for hydroxylation is 1. The Morgan fingerprint density at radius 1 is 1.47 bits per heavy atom. The Balaban J connectivity index is 0.00000180. The fourth-order valence-electron chi connectivity index (χ4n) is 2.33. The van der Waals surface area contributed by atoms with Gasteiger partial charge in [-0.05, 0) is 66.9 Å². The molecule has 1 saturated heterocycles. The molecule has 2 unspecified atom stereocenters. The molecule has 0 saturated carbocycles. The molecule has 1 aliphatic heterocycles. The van der Waals surface area contributed by atoms with Crippen LogP contribution in [0.25, 0.3) is 0 Å². The Labute approximate surface area is 129 Å². The summed E-state index contributed by atoms with van der Waals surface area (Å²) in [5.74, 6) is 0.0148. The van der Waals surface area contributed by atoms with Crippen LogP contribution in [0, 0.1) is 6.92 Å². The summed E-state index contributed by atoms with van der Waals surface area (Å²) in [5, 5.41) is 6.50. The summed E-state index contributed by atoms with van der Waals surface area (Å²) in [7, 11) is 0. The third kappa shape index (κ3) is 4.48. The highest BCUT2D eigenvalue weighted by molar-refractivity contribution is 9.10. The van der Waals surface area contributed by atoms with E-state index in [1.807, 2.05) is 25.1 Å². The minimum atomic E-state index is 0. The normalized spacial score (nSPS) is 22.5. The predicted molar refractivity (Wildman–Crippen MR) is 84.1 cm³/mol. The minimum Gasteiger partial charge on any atom is -0.349 e. The first-order valence-corrected chi connectivity index (χ1v) is 7.16. The first kappa shape index (κ1) is 16.5. The average molecular weight is 348 g/mol. The Bertz CT molecular complexity index is 453. The van der Waals surface area contributed by atoms with Crippen LogP contribution in [0.2, 0.25) is 0 Å². The van der Waals surface area contributed by atoms with E-state index in [4.69, 9.17) is 0 Å². The first-order valence-electron chi connectivity index (χ1n) is 6.36. The lowest BCUT2D eigenvalue weighted by molar-refractivity contribution is 0.0925. The van der Waals surface area contributed by atoms with E-state index in [0.29, 0.717) is 11.6 Å². The van der Waals surface area contributed by atoms with Gasteiger partial charge in [0.1, 0.15) is 0 Å². The van der Waals surface area contributed by atoms with Crippen LogP contribution in [0.3, 0.4) is 0 Å². The molecule has 2 N–H and O–H groups in total.